The molecule has 0 aliphatic rings. The van der Waals surface area contributed by atoms with E-state index in [0.717, 1.165) is 5.56 Å². The zero-order chi connectivity index (χ0) is 17.6. The van der Waals surface area contributed by atoms with Gasteiger partial charge in [0.05, 0.1) is 0 Å². The minimum absolute atomic E-state index is 0.0587. The number of carbonyl (C=O) groups is 1. The third-order valence-corrected chi connectivity index (χ3v) is 3.38. The van der Waals surface area contributed by atoms with Crippen LogP contribution in [-0.2, 0) is 21.9 Å². The molecule has 0 spiro atoms. The molecular formula is C16H16FNO5S. The summed E-state index contributed by atoms with van der Waals surface area (Å²) < 4.78 is 42.7. The topological polar surface area (TPSA) is 81.7 Å². The molecule has 0 aliphatic heterocycles. The fraction of sp³-hybridized carbons (Fsp3) is 0.188. The van der Waals surface area contributed by atoms with E-state index in [-0.39, 0.29) is 18.3 Å². The minimum Gasteiger partial charge on any atom is -0.489 e. The molecular weight excluding hydrogens is 337 g/mol. The summed E-state index contributed by atoms with van der Waals surface area (Å²) >= 11 is 0. The number of benzene rings is 2. The van der Waals surface area contributed by atoms with Gasteiger partial charge in [0.1, 0.15) is 18.1 Å². The summed E-state index contributed by atoms with van der Waals surface area (Å²) in [5, 5.41) is 2.74. The molecule has 2 aromatic carbocycles. The van der Waals surface area contributed by atoms with Crippen LogP contribution >= 0.6 is 0 Å². The van der Waals surface area contributed by atoms with Gasteiger partial charge in [0.25, 0.3) is 0 Å². The SMILES string of the molecule is CCC(=O)Nc1ccc(COc2ccc(OS(=O)(=O)F)cc2)cc1. The second-order valence-corrected chi connectivity index (χ2v) is 5.79. The maximum Gasteiger partial charge on any atom is 0.488 e. The Balaban J connectivity index is 1.90. The van der Waals surface area contributed by atoms with Gasteiger partial charge in [-0.2, -0.15) is 8.42 Å². The summed E-state index contributed by atoms with van der Waals surface area (Å²) in [6.45, 7) is 2.06. The van der Waals surface area contributed by atoms with Crippen LogP contribution in [0.5, 0.6) is 11.5 Å². The zero-order valence-electron chi connectivity index (χ0n) is 12.9. The van der Waals surface area contributed by atoms with E-state index < -0.39 is 10.5 Å². The van der Waals surface area contributed by atoms with Gasteiger partial charge in [-0.05, 0) is 42.0 Å². The van der Waals surface area contributed by atoms with Gasteiger partial charge in [-0.15, -0.1) is 0 Å². The molecule has 24 heavy (non-hydrogen) atoms. The predicted molar refractivity (Wildman–Crippen MR) is 86.8 cm³/mol. The molecule has 0 saturated heterocycles. The lowest BCUT2D eigenvalue weighted by molar-refractivity contribution is -0.115. The van der Waals surface area contributed by atoms with Crippen molar-refractivity contribution in [1.29, 1.82) is 0 Å². The highest BCUT2D eigenvalue weighted by atomic mass is 32.3. The quantitative estimate of drug-likeness (QED) is 0.773. The Hall–Kier alpha value is -2.61. The predicted octanol–water partition coefficient (Wildman–Crippen LogP) is 3.21. The molecule has 0 aliphatic carbocycles. The van der Waals surface area contributed by atoms with Crippen molar-refractivity contribution < 1.29 is 26.0 Å². The molecule has 0 atom stereocenters. The van der Waals surface area contributed by atoms with Crippen molar-refractivity contribution in [2.45, 2.75) is 20.0 Å². The highest BCUT2D eigenvalue weighted by Gasteiger charge is 2.09. The van der Waals surface area contributed by atoms with Crippen molar-refractivity contribution in [3.8, 4) is 11.5 Å². The summed E-state index contributed by atoms with van der Waals surface area (Å²) in [4.78, 5) is 11.3. The highest BCUT2D eigenvalue weighted by molar-refractivity contribution is 7.81. The van der Waals surface area contributed by atoms with Crippen LogP contribution in [-0.4, -0.2) is 14.3 Å². The number of halogens is 1. The molecule has 1 N–H and O–H groups in total. The van der Waals surface area contributed by atoms with Crippen LogP contribution in [0.1, 0.15) is 18.9 Å². The molecule has 0 fully saturated rings. The monoisotopic (exact) mass is 353 g/mol. The second kappa shape index (κ2) is 7.78. The number of ether oxygens (including phenoxy) is 1. The lowest BCUT2D eigenvalue weighted by Crippen LogP contribution is -2.09. The van der Waals surface area contributed by atoms with E-state index in [4.69, 9.17) is 4.74 Å². The molecule has 2 rings (SSSR count). The van der Waals surface area contributed by atoms with Crippen molar-refractivity contribution >= 4 is 22.1 Å². The molecule has 0 radical (unpaired) electrons. The Morgan fingerprint density at radius 3 is 2.17 bits per heavy atom. The molecule has 0 aromatic heterocycles. The average molecular weight is 353 g/mol. The molecule has 2 aromatic rings. The van der Waals surface area contributed by atoms with Crippen LogP contribution in [0, 0.1) is 0 Å². The van der Waals surface area contributed by atoms with Gasteiger partial charge >= 0.3 is 10.5 Å². The third-order valence-electron chi connectivity index (χ3n) is 2.98. The number of carbonyl (C=O) groups excluding carboxylic acids is 1. The normalized spacial score (nSPS) is 10.9. The number of anilines is 1. The van der Waals surface area contributed by atoms with Crippen molar-refractivity contribution in [1.82, 2.24) is 0 Å². The number of hydrogen-bond acceptors (Lipinski definition) is 5. The molecule has 0 bridgehead atoms. The first kappa shape index (κ1) is 17.7. The number of rotatable bonds is 7. The molecule has 6 nitrogen and oxygen atoms in total. The van der Waals surface area contributed by atoms with Crippen LogP contribution < -0.4 is 14.2 Å². The maximum atomic E-state index is 12.4. The Morgan fingerprint density at radius 1 is 1.04 bits per heavy atom. The van der Waals surface area contributed by atoms with Crippen molar-refractivity contribution in [3.05, 3.63) is 54.1 Å². The van der Waals surface area contributed by atoms with Crippen molar-refractivity contribution in [3.63, 3.8) is 0 Å². The van der Waals surface area contributed by atoms with Gasteiger partial charge in [0, 0.05) is 12.1 Å². The lowest BCUT2D eigenvalue weighted by atomic mass is 10.2. The number of amides is 1. The Kier molecular flexibility index (Phi) is 5.75. The highest BCUT2D eigenvalue weighted by Crippen LogP contribution is 2.20. The largest absolute Gasteiger partial charge is 0.489 e. The van der Waals surface area contributed by atoms with Gasteiger partial charge in [0.15, 0.2) is 0 Å². The standard InChI is InChI=1S/C16H16FNO5S/c1-2-16(19)18-13-5-3-12(4-6-13)11-22-14-7-9-15(10-8-14)23-24(17,20)21/h3-10H,2,11H2,1H3,(H,18,19). The van der Waals surface area contributed by atoms with E-state index in [1.165, 1.54) is 24.3 Å². The van der Waals surface area contributed by atoms with E-state index in [1.807, 2.05) is 12.1 Å². The Labute approximate surface area is 139 Å². The van der Waals surface area contributed by atoms with E-state index in [2.05, 4.69) is 9.50 Å². The van der Waals surface area contributed by atoms with Gasteiger partial charge in [-0.1, -0.05) is 22.9 Å². The van der Waals surface area contributed by atoms with Crippen LogP contribution in [0.2, 0.25) is 0 Å². The van der Waals surface area contributed by atoms with Crippen LogP contribution in [0.15, 0.2) is 48.5 Å². The van der Waals surface area contributed by atoms with E-state index in [0.29, 0.717) is 17.9 Å². The minimum atomic E-state index is -5.03. The van der Waals surface area contributed by atoms with E-state index in [1.54, 1.807) is 19.1 Å². The molecule has 0 heterocycles. The summed E-state index contributed by atoms with van der Waals surface area (Å²) in [5.74, 6) is 0.277. The first-order chi connectivity index (χ1) is 11.4. The first-order valence-electron chi connectivity index (χ1n) is 7.11. The van der Waals surface area contributed by atoms with Gasteiger partial charge in [0.2, 0.25) is 5.91 Å². The molecule has 8 heteroatoms. The van der Waals surface area contributed by atoms with Crippen molar-refractivity contribution in [2.24, 2.45) is 0 Å². The Bertz CT molecular complexity index is 788. The smallest absolute Gasteiger partial charge is 0.488 e. The van der Waals surface area contributed by atoms with Gasteiger partial charge in [-0.3, -0.25) is 4.79 Å². The van der Waals surface area contributed by atoms with Crippen molar-refractivity contribution in [2.75, 3.05) is 5.32 Å². The molecule has 0 unspecified atom stereocenters. The van der Waals surface area contributed by atoms with Crippen LogP contribution in [0.25, 0.3) is 0 Å². The first-order valence-corrected chi connectivity index (χ1v) is 8.42. The van der Waals surface area contributed by atoms with Crippen LogP contribution in [0.4, 0.5) is 9.57 Å². The number of hydrogen-bond donors (Lipinski definition) is 1. The molecule has 1 amide bonds. The number of nitrogens with one attached hydrogen (secondary N) is 1. The summed E-state index contributed by atoms with van der Waals surface area (Å²) in [7, 11) is -5.03. The van der Waals surface area contributed by atoms with E-state index >= 15 is 0 Å². The fourth-order valence-electron chi connectivity index (χ4n) is 1.81. The molecule has 0 saturated carbocycles. The van der Waals surface area contributed by atoms with Crippen LogP contribution in [0.3, 0.4) is 0 Å². The summed E-state index contributed by atoms with van der Waals surface area (Å²) in [6, 6.07) is 12.7. The lowest BCUT2D eigenvalue weighted by Gasteiger charge is -2.08. The molecule has 128 valence electrons. The summed E-state index contributed by atoms with van der Waals surface area (Å²) in [5.41, 5.74) is 1.59. The van der Waals surface area contributed by atoms with Gasteiger partial charge in [-0.25, -0.2) is 0 Å². The zero-order valence-corrected chi connectivity index (χ0v) is 13.7. The summed E-state index contributed by atoms with van der Waals surface area (Å²) in [6.07, 6.45) is 0.411. The van der Waals surface area contributed by atoms with E-state index in [9.17, 15) is 17.1 Å². The second-order valence-electron chi connectivity index (χ2n) is 4.84. The Morgan fingerprint density at radius 2 is 1.62 bits per heavy atom. The van der Waals surface area contributed by atoms with Gasteiger partial charge < -0.3 is 14.2 Å². The third kappa shape index (κ3) is 5.88. The fourth-order valence-corrected chi connectivity index (χ4v) is 2.15. The maximum absolute atomic E-state index is 12.4. The average Bonchev–Trinajstić information content (AvgIpc) is 2.54.